The van der Waals surface area contributed by atoms with Gasteiger partial charge in [-0.1, -0.05) is 41.4 Å². The molecule has 0 heterocycles. The van der Waals surface area contributed by atoms with E-state index in [1.165, 1.54) is 12.0 Å². The third-order valence-electron chi connectivity index (χ3n) is 2.82. The highest BCUT2D eigenvalue weighted by molar-refractivity contribution is 9.10. The molecule has 0 aromatic heterocycles. The minimum absolute atomic E-state index is 0.0767. The molecule has 0 bridgehead atoms. The number of nitrogens with one attached hydrogen (secondary N) is 1. The maximum absolute atomic E-state index is 5.89. The Kier molecular flexibility index (Phi) is 9.08. The predicted molar refractivity (Wildman–Crippen MR) is 82.5 cm³/mol. The van der Waals surface area contributed by atoms with Crippen LogP contribution < -0.4 is 5.32 Å². The van der Waals surface area contributed by atoms with Gasteiger partial charge in [0.15, 0.2) is 0 Å². The molecular weight excluding hydrogens is 306 g/mol. The van der Waals surface area contributed by atoms with Crippen LogP contribution in [0.3, 0.4) is 0 Å². The van der Waals surface area contributed by atoms with Crippen LogP contribution in [-0.4, -0.2) is 33.4 Å². The topological polar surface area (TPSA) is 30.5 Å². The standard InChI is InChI=1S/C15H24BrNO2/c1-3-4-9-18-10-11-19-15(12-17-2)13-5-7-14(16)8-6-13/h5-8,15,17H,3-4,9-12H2,1-2H3. The molecule has 0 spiro atoms. The first-order valence-electron chi connectivity index (χ1n) is 6.87. The number of hydrogen-bond donors (Lipinski definition) is 1. The number of likely N-dealkylation sites (N-methyl/N-ethyl adjacent to an activating group) is 1. The van der Waals surface area contributed by atoms with Gasteiger partial charge < -0.3 is 14.8 Å². The minimum Gasteiger partial charge on any atom is -0.379 e. The Bertz CT molecular complexity index is 329. The van der Waals surface area contributed by atoms with Gasteiger partial charge in [0.2, 0.25) is 0 Å². The Morgan fingerprint density at radius 1 is 1.16 bits per heavy atom. The molecule has 1 rings (SSSR count). The second-order valence-electron chi connectivity index (χ2n) is 4.43. The monoisotopic (exact) mass is 329 g/mol. The summed E-state index contributed by atoms with van der Waals surface area (Å²) in [6.07, 6.45) is 2.36. The lowest BCUT2D eigenvalue weighted by Crippen LogP contribution is -2.21. The van der Waals surface area contributed by atoms with Gasteiger partial charge in [0, 0.05) is 17.6 Å². The van der Waals surface area contributed by atoms with Crippen LogP contribution in [0.25, 0.3) is 0 Å². The van der Waals surface area contributed by atoms with Crippen molar-refractivity contribution in [3.63, 3.8) is 0 Å². The van der Waals surface area contributed by atoms with Crippen LogP contribution in [0.1, 0.15) is 31.4 Å². The Morgan fingerprint density at radius 2 is 1.89 bits per heavy atom. The van der Waals surface area contributed by atoms with E-state index in [0.717, 1.165) is 24.0 Å². The summed E-state index contributed by atoms with van der Waals surface area (Å²) in [7, 11) is 1.94. The summed E-state index contributed by atoms with van der Waals surface area (Å²) in [5.41, 5.74) is 1.19. The van der Waals surface area contributed by atoms with Crippen molar-refractivity contribution in [1.82, 2.24) is 5.32 Å². The molecule has 1 aromatic rings. The number of hydrogen-bond acceptors (Lipinski definition) is 3. The largest absolute Gasteiger partial charge is 0.379 e. The zero-order chi connectivity index (χ0) is 13.9. The summed E-state index contributed by atoms with van der Waals surface area (Å²) in [4.78, 5) is 0. The molecule has 0 saturated heterocycles. The molecule has 0 fully saturated rings. The van der Waals surface area contributed by atoms with Crippen molar-refractivity contribution in [3.05, 3.63) is 34.3 Å². The molecule has 19 heavy (non-hydrogen) atoms. The highest BCUT2D eigenvalue weighted by atomic mass is 79.9. The molecule has 0 amide bonds. The van der Waals surface area contributed by atoms with Crippen LogP contribution in [0, 0.1) is 0 Å². The maximum Gasteiger partial charge on any atom is 0.0950 e. The highest BCUT2D eigenvalue weighted by Gasteiger charge is 2.10. The van der Waals surface area contributed by atoms with Crippen molar-refractivity contribution in [3.8, 4) is 0 Å². The van der Waals surface area contributed by atoms with Gasteiger partial charge in [-0.3, -0.25) is 0 Å². The lowest BCUT2D eigenvalue weighted by Gasteiger charge is -2.18. The summed E-state index contributed by atoms with van der Waals surface area (Å²) in [6.45, 7) is 5.09. The normalized spacial score (nSPS) is 12.6. The molecule has 0 aliphatic heterocycles. The van der Waals surface area contributed by atoms with E-state index < -0.39 is 0 Å². The second-order valence-corrected chi connectivity index (χ2v) is 5.35. The molecule has 108 valence electrons. The van der Waals surface area contributed by atoms with Gasteiger partial charge in [0.25, 0.3) is 0 Å². The Morgan fingerprint density at radius 3 is 2.53 bits per heavy atom. The van der Waals surface area contributed by atoms with Crippen molar-refractivity contribution in [2.24, 2.45) is 0 Å². The zero-order valence-electron chi connectivity index (χ0n) is 11.8. The van der Waals surface area contributed by atoms with Gasteiger partial charge >= 0.3 is 0 Å². The van der Waals surface area contributed by atoms with E-state index in [9.17, 15) is 0 Å². The van der Waals surface area contributed by atoms with Crippen molar-refractivity contribution >= 4 is 15.9 Å². The lowest BCUT2D eigenvalue weighted by atomic mass is 10.1. The average Bonchev–Trinajstić information content (AvgIpc) is 2.42. The van der Waals surface area contributed by atoms with Gasteiger partial charge in [0.05, 0.1) is 19.3 Å². The first-order valence-corrected chi connectivity index (χ1v) is 7.66. The fourth-order valence-corrected chi connectivity index (χ4v) is 2.00. The number of unbranched alkanes of at least 4 members (excludes halogenated alkanes) is 1. The summed E-state index contributed by atoms with van der Waals surface area (Å²) in [6, 6.07) is 8.26. The fraction of sp³-hybridized carbons (Fsp3) is 0.600. The summed E-state index contributed by atoms with van der Waals surface area (Å²) in [5.74, 6) is 0. The van der Waals surface area contributed by atoms with E-state index in [-0.39, 0.29) is 6.10 Å². The summed E-state index contributed by atoms with van der Waals surface area (Å²) in [5, 5.41) is 3.16. The van der Waals surface area contributed by atoms with Crippen LogP contribution in [0.15, 0.2) is 28.7 Å². The summed E-state index contributed by atoms with van der Waals surface area (Å²) >= 11 is 3.45. The predicted octanol–water partition coefficient (Wildman–Crippen LogP) is 3.54. The molecule has 3 nitrogen and oxygen atoms in total. The van der Waals surface area contributed by atoms with Crippen molar-refractivity contribution in [2.45, 2.75) is 25.9 Å². The molecule has 0 saturated carbocycles. The third-order valence-corrected chi connectivity index (χ3v) is 3.35. The fourth-order valence-electron chi connectivity index (χ4n) is 1.73. The Hall–Kier alpha value is -0.420. The zero-order valence-corrected chi connectivity index (χ0v) is 13.4. The molecular formula is C15H24BrNO2. The Balaban J connectivity index is 2.34. The first kappa shape index (κ1) is 16.6. The Labute approximate surface area is 124 Å². The summed E-state index contributed by atoms with van der Waals surface area (Å²) < 4.78 is 12.5. The number of rotatable bonds is 10. The molecule has 1 unspecified atom stereocenters. The first-order chi connectivity index (χ1) is 9.27. The maximum atomic E-state index is 5.89. The SMILES string of the molecule is CCCCOCCOC(CNC)c1ccc(Br)cc1. The van der Waals surface area contributed by atoms with Crippen molar-refractivity contribution in [2.75, 3.05) is 33.4 Å². The molecule has 0 radical (unpaired) electrons. The molecule has 0 aliphatic rings. The minimum atomic E-state index is 0.0767. The van der Waals surface area contributed by atoms with E-state index in [4.69, 9.17) is 9.47 Å². The van der Waals surface area contributed by atoms with E-state index >= 15 is 0 Å². The van der Waals surface area contributed by atoms with Crippen molar-refractivity contribution < 1.29 is 9.47 Å². The number of benzene rings is 1. The van der Waals surface area contributed by atoms with Crippen LogP contribution in [-0.2, 0) is 9.47 Å². The quantitative estimate of drug-likeness (QED) is 0.666. The molecule has 1 atom stereocenters. The highest BCUT2D eigenvalue weighted by Crippen LogP contribution is 2.19. The smallest absolute Gasteiger partial charge is 0.0950 e. The van der Waals surface area contributed by atoms with E-state index in [1.807, 2.05) is 19.2 Å². The molecule has 1 N–H and O–H groups in total. The van der Waals surface area contributed by atoms with Gasteiger partial charge in [-0.25, -0.2) is 0 Å². The van der Waals surface area contributed by atoms with Crippen molar-refractivity contribution in [1.29, 1.82) is 0 Å². The second kappa shape index (κ2) is 10.4. The average molecular weight is 330 g/mol. The van der Waals surface area contributed by atoms with E-state index in [1.54, 1.807) is 0 Å². The van der Waals surface area contributed by atoms with Gasteiger partial charge in [0.1, 0.15) is 0 Å². The number of ether oxygens (including phenoxy) is 2. The van der Waals surface area contributed by atoms with Crippen LogP contribution in [0.2, 0.25) is 0 Å². The van der Waals surface area contributed by atoms with Gasteiger partial charge in [-0.15, -0.1) is 0 Å². The van der Waals surface area contributed by atoms with Gasteiger partial charge in [-0.2, -0.15) is 0 Å². The molecule has 4 heteroatoms. The van der Waals surface area contributed by atoms with Gasteiger partial charge in [-0.05, 0) is 31.2 Å². The third kappa shape index (κ3) is 7.06. The lowest BCUT2D eigenvalue weighted by molar-refractivity contribution is 0.00429. The van der Waals surface area contributed by atoms with Crippen LogP contribution >= 0.6 is 15.9 Å². The van der Waals surface area contributed by atoms with Crippen LogP contribution in [0.4, 0.5) is 0 Å². The van der Waals surface area contributed by atoms with E-state index in [2.05, 4.69) is 40.3 Å². The van der Waals surface area contributed by atoms with E-state index in [0.29, 0.717) is 13.2 Å². The molecule has 0 aliphatic carbocycles. The number of halogens is 1. The molecule has 1 aromatic carbocycles. The van der Waals surface area contributed by atoms with Crippen LogP contribution in [0.5, 0.6) is 0 Å².